The molecule has 0 aromatic carbocycles. The Bertz CT molecular complexity index is 1080. The van der Waals surface area contributed by atoms with Crippen molar-refractivity contribution in [2.75, 3.05) is 0 Å². The largest absolute Gasteiger partial charge is 0.435 e. The van der Waals surface area contributed by atoms with Crippen molar-refractivity contribution < 1.29 is 18.0 Å². The molecule has 0 bridgehead atoms. The van der Waals surface area contributed by atoms with Crippen LogP contribution in [0.2, 0.25) is 0 Å². The predicted octanol–water partition coefficient (Wildman–Crippen LogP) is 2.04. The summed E-state index contributed by atoms with van der Waals surface area (Å²) in [5.41, 5.74) is 6.24. The summed E-state index contributed by atoms with van der Waals surface area (Å²) in [4.78, 5) is 28.4. The zero-order chi connectivity index (χ0) is 22.1. The normalized spacial score (nSPS) is 17.6. The lowest BCUT2D eigenvalue weighted by atomic mass is 9.92. The number of aryl methyl sites for hydroxylation is 2. The fourth-order valence-electron chi connectivity index (χ4n) is 3.19. The molecule has 160 valence electrons. The Morgan fingerprint density at radius 3 is 2.73 bits per heavy atom. The number of carbonyl (C=O) groups excluding carboxylic acids is 1. The zero-order valence-electron chi connectivity index (χ0n) is 16.4. The standard InChI is InChI=1S/C19H21F3N6O2/c1-27-10-11(6-7-17(27)29)24-9-12-13(23)4-3-5-14(12)25-18(30)15-8-16(19(20,21)22)26-28(15)2/h6-10,14H,3-5,23H2,1-2H3,(H,25,30). The van der Waals surface area contributed by atoms with Crippen LogP contribution in [-0.2, 0) is 20.3 Å². The Kier molecular flexibility index (Phi) is 5.81. The highest BCUT2D eigenvalue weighted by molar-refractivity contribution is 5.94. The van der Waals surface area contributed by atoms with Crippen LogP contribution < -0.4 is 16.6 Å². The number of aromatic nitrogens is 3. The minimum atomic E-state index is -4.64. The van der Waals surface area contributed by atoms with E-state index >= 15 is 0 Å². The molecule has 1 atom stereocenters. The van der Waals surface area contributed by atoms with Gasteiger partial charge >= 0.3 is 6.18 Å². The number of allylic oxidation sites excluding steroid dienone is 1. The predicted molar refractivity (Wildman–Crippen MR) is 104 cm³/mol. The monoisotopic (exact) mass is 422 g/mol. The quantitative estimate of drug-likeness (QED) is 0.735. The molecule has 30 heavy (non-hydrogen) atoms. The lowest BCUT2D eigenvalue weighted by Crippen LogP contribution is -2.40. The van der Waals surface area contributed by atoms with Gasteiger partial charge in [0, 0.05) is 49.9 Å². The van der Waals surface area contributed by atoms with Gasteiger partial charge in [0.05, 0.1) is 11.7 Å². The van der Waals surface area contributed by atoms with E-state index < -0.39 is 23.8 Å². The summed E-state index contributed by atoms with van der Waals surface area (Å²) in [5, 5.41) is 6.09. The van der Waals surface area contributed by atoms with Crippen LogP contribution in [0, 0.1) is 0 Å². The number of nitrogens with zero attached hydrogens (tertiary/aromatic N) is 4. The molecular weight excluding hydrogens is 401 g/mol. The molecular formula is C19H21F3N6O2. The Hall–Kier alpha value is -3.37. The third-order valence-corrected chi connectivity index (χ3v) is 4.82. The van der Waals surface area contributed by atoms with Crippen molar-refractivity contribution >= 4 is 17.8 Å². The molecule has 11 heteroatoms. The van der Waals surface area contributed by atoms with Crippen molar-refractivity contribution in [3.63, 3.8) is 0 Å². The van der Waals surface area contributed by atoms with E-state index in [1.54, 1.807) is 19.3 Å². The summed E-state index contributed by atoms with van der Waals surface area (Å²) < 4.78 is 40.9. The highest BCUT2D eigenvalue weighted by Gasteiger charge is 2.35. The van der Waals surface area contributed by atoms with Crippen LogP contribution in [0.15, 0.2) is 45.5 Å². The lowest BCUT2D eigenvalue weighted by molar-refractivity contribution is -0.141. The first-order valence-electron chi connectivity index (χ1n) is 9.17. The van der Waals surface area contributed by atoms with Gasteiger partial charge in [-0.05, 0) is 25.3 Å². The molecule has 0 fully saturated rings. The van der Waals surface area contributed by atoms with E-state index in [1.165, 1.54) is 23.9 Å². The van der Waals surface area contributed by atoms with Crippen LogP contribution in [0.4, 0.5) is 18.9 Å². The summed E-state index contributed by atoms with van der Waals surface area (Å²) in [5.74, 6) is -0.687. The second kappa shape index (κ2) is 8.17. The first-order chi connectivity index (χ1) is 14.1. The van der Waals surface area contributed by atoms with Gasteiger partial charge in [0.2, 0.25) is 5.56 Å². The number of hydrogen-bond acceptors (Lipinski definition) is 5. The van der Waals surface area contributed by atoms with Gasteiger partial charge in [-0.15, -0.1) is 0 Å². The van der Waals surface area contributed by atoms with Crippen LogP contribution in [0.5, 0.6) is 0 Å². The van der Waals surface area contributed by atoms with Gasteiger partial charge in [0.25, 0.3) is 5.91 Å². The van der Waals surface area contributed by atoms with E-state index in [0.29, 0.717) is 42.3 Å². The van der Waals surface area contributed by atoms with Crippen molar-refractivity contribution in [2.45, 2.75) is 31.5 Å². The van der Waals surface area contributed by atoms with E-state index in [0.717, 1.165) is 4.68 Å². The maximum Gasteiger partial charge on any atom is 0.435 e. The van der Waals surface area contributed by atoms with Crippen molar-refractivity contribution in [3.05, 3.63) is 57.4 Å². The zero-order valence-corrected chi connectivity index (χ0v) is 16.4. The molecule has 0 radical (unpaired) electrons. The molecule has 8 nitrogen and oxygen atoms in total. The van der Waals surface area contributed by atoms with Crippen molar-refractivity contribution in [3.8, 4) is 0 Å². The molecule has 1 aliphatic rings. The van der Waals surface area contributed by atoms with Crippen molar-refractivity contribution in [1.29, 1.82) is 0 Å². The Labute approximate surface area is 169 Å². The number of aliphatic imine (C=N–C) groups is 1. The minimum Gasteiger partial charge on any atom is -0.402 e. The molecule has 1 unspecified atom stereocenters. The molecule has 2 heterocycles. The van der Waals surface area contributed by atoms with Gasteiger partial charge in [0.1, 0.15) is 5.69 Å². The average molecular weight is 422 g/mol. The second-order valence-electron chi connectivity index (χ2n) is 7.03. The number of nitrogens with two attached hydrogens (primary N) is 1. The second-order valence-corrected chi connectivity index (χ2v) is 7.03. The molecule has 3 N–H and O–H groups in total. The van der Waals surface area contributed by atoms with E-state index in [2.05, 4.69) is 15.4 Å². The third kappa shape index (κ3) is 4.61. The number of pyridine rings is 1. The molecule has 1 aliphatic carbocycles. The van der Waals surface area contributed by atoms with Gasteiger partial charge in [-0.1, -0.05) is 0 Å². The van der Waals surface area contributed by atoms with Crippen LogP contribution in [0.25, 0.3) is 0 Å². The Morgan fingerprint density at radius 2 is 2.10 bits per heavy atom. The topological polar surface area (TPSA) is 107 Å². The summed E-state index contributed by atoms with van der Waals surface area (Å²) in [6.45, 7) is 0. The number of hydrogen-bond donors (Lipinski definition) is 2. The molecule has 2 aromatic rings. The van der Waals surface area contributed by atoms with Crippen molar-refractivity contribution in [2.24, 2.45) is 24.8 Å². The van der Waals surface area contributed by atoms with E-state index in [-0.39, 0.29) is 11.3 Å². The van der Waals surface area contributed by atoms with E-state index in [1.807, 2.05) is 0 Å². The van der Waals surface area contributed by atoms with Crippen LogP contribution >= 0.6 is 0 Å². The SMILES string of the molecule is Cn1nc(C(F)(F)F)cc1C(=O)NC1CCCC(N)=C1C=Nc1ccc(=O)n(C)c1. The maximum absolute atomic E-state index is 12.9. The van der Waals surface area contributed by atoms with Crippen LogP contribution in [0.3, 0.4) is 0 Å². The summed E-state index contributed by atoms with van der Waals surface area (Å²) in [6.07, 6.45) is 0.326. The lowest BCUT2D eigenvalue weighted by Gasteiger charge is -2.25. The van der Waals surface area contributed by atoms with Crippen LogP contribution in [0.1, 0.15) is 35.4 Å². The fourth-order valence-corrected chi connectivity index (χ4v) is 3.19. The van der Waals surface area contributed by atoms with E-state index in [9.17, 15) is 22.8 Å². The Morgan fingerprint density at radius 1 is 1.37 bits per heavy atom. The number of amides is 1. The fraction of sp³-hybridized carbons (Fsp3) is 0.368. The van der Waals surface area contributed by atoms with Crippen LogP contribution in [-0.4, -0.2) is 32.5 Å². The minimum absolute atomic E-state index is 0.176. The Balaban J connectivity index is 1.82. The summed E-state index contributed by atoms with van der Waals surface area (Å²) in [6, 6.07) is 3.14. The first kappa shape index (κ1) is 21.3. The number of nitrogens with one attached hydrogen (secondary N) is 1. The molecule has 1 amide bonds. The molecule has 0 saturated carbocycles. The number of carbonyl (C=O) groups is 1. The van der Waals surface area contributed by atoms with Gasteiger partial charge in [-0.25, -0.2) is 0 Å². The van der Waals surface area contributed by atoms with Gasteiger partial charge in [0.15, 0.2) is 5.69 Å². The smallest absolute Gasteiger partial charge is 0.402 e. The summed E-state index contributed by atoms with van der Waals surface area (Å²) >= 11 is 0. The molecule has 0 spiro atoms. The molecule has 2 aromatic heterocycles. The molecule has 0 saturated heterocycles. The van der Waals surface area contributed by atoms with E-state index in [4.69, 9.17) is 5.73 Å². The number of rotatable bonds is 4. The van der Waals surface area contributed by atoms with Gasteiger partial charge in [-0.3, -0.25) is 19.3 Å². The molecule has 0 aliphatic heterocycles. The number of halogens is 3. The molecule has 3 rings (SSSR count). The maximum atomic E-state index is 12.9. The van der Waals surface area contributed by atoms with Gasteiger partial charge < -0.3 is 15.6 Å². The first-order valence-corrected chi connectivity index (χ1v) is 9.17. The van der Waals surface area contributed by atoms with Gasteiger partial charge in [-0.2, -0.15) is 18.3 Å². The highest BCUT2D eigenvalue weighted by atomic mass is 19.4. The highest BCUT2D eigenvalue weighted by Crippen LogP contribution is 2.28. The van der Waals surface area contributed by atoms with Crippen molar-refractivity contribution in [1.82, 2.24) is 19.7 Å². The average Bonchev–Trinajstić information content (AvgIpc) is 3.06. The number of alkyl halides is 3. The third-order valence-electron chi connectivity index (χ3n) is 4.82. The summed E-state index contributed by atoms with van der Waals surface area (Å²) in [7, 11) is 2.87.